The van der Waals surface area contributed by atoms with E-state index in [1.165, 1.54) is 12.8 Å². The van der Waals surface area contributed by atoms with Gasteiger partial charge in [-0.15, -0.1) is 0 Å². The predicted molar refractivity (Wildman–Crippen MR) is 60.9 cm³/mol. The van der Waals surface area contributed by atoms with Crippen molar-refractivity contribution in [3.63, 3.8) is 0 Å². The zero-order valence-electron chi connectivity index (χ0n) is 9.82. The van der Waals surface area contributed by atoms with Crippen LogP contribution in [0.4, 0.5) is 0 Å². The lowest BCUT2D eigenvalue weighted by atomic mass is 10.0. The van der Waals surface area contributed by atoms with E-state index >= 15 is 0 Å². The van der Waals surface area contributed by atoms with Crippen LogP contribution in [-0.2, 0) is 0 Å². The molecular weight excluding hydrogens is 190 g/mol. The zero-order chi connectivity index (χ0) is 10.8. The molecule has 4 nitrogen and oxygen atoms in total. The van der Waals surface area contributed by atoms with Gasteiger partial charge >= 0.3 is 0 Å². The molecule has 0 aromatic heterocycles. The second-order valence-corrected chi connectivity index (χ2v) is 5.05. The molecule has 0 spiro atoms. The number of β-amino-alcohol motifs (C(OH)–C–C–N with tert-alkyl or cyclic N) is 1. The van der Waals surface area contributed by atoms with Gasteiger partial charge in [0.25, 0.3) is 0 Å². The normalized spacial score (nSPS) is 38.8. The molecule has 2 saturated heterocycles. The third-order valence-electron chi connectivity index (χ3n) is 3.78. The molecule has 2 aliphatic rings. The molecule has 0 radical (unpaired) electrons. The number of likely N-dealkylation sites (tertiary alicyclic amines) is 1. The Kier molecular flexibility index (Phi) is 3.61. The molecule has 0 aromatic carbocycles. The van der Waals surface area contributed by atoms with Crippen molar-refractivity contribution in [2.24, 2.45) is 0 Å². The largest absolute Gasteiger partial charge is 0.390 e. The minimum Gasteiger partial charge on any atom is -0.390 e. The summed E-state index contributed by atoms with van der Waals surface area (Å²) in [5.41, 5.74) is 0. The average Bonchev–Trinajstić information content (AvgIpc) is 2.64. The third kappa shape index (κ3) is 2.50. The summed E-state index contributed by atoms with van der Waals surface area (Å²) in [7, 11) is 4.30. The van der Waals surface area contributed by atoms with Crippen LogP contribution in [0, 0.1) is 0 Å². The molecule has 0 bridgehead atoms. The maximum Gasteiger partial charge on any atom is 0.0831 e. The molecule has 2 heterocycles. The quantitative estimate of drug-likeness (QED) is 0.639. The van der Waals surface area contributed by atoms with Crippen LogP contribution in [-0.4, -0.2) is 73.4 Å². The standard InChI is InChI=1S/C11H23N3O/c1-13(2)9-4-3-5-14(8-9)10-6-12-7-11(10)15/h9-12,15H,3-8H2,1-2H3. The number of hydrogen-bond donors (Lipinski definition) is 2. The van der Waals surface area contributed by atoms with Crippen molar-refractivity contribution in [1.82, 2.24) is 15.1 Å². The highest BCUT2D eigenvalue weighted by atomic mass is 16.3. The summed E-state index contributed by atoms with van der Waals surface area (Å²) in [6.45, 7) is 3.96. The van der Waals surface area contributed by atoms with Gasteiger partial charge < -0.3 is 15.3 Å². The molecule has 3 atom stereocenters. The maximum atomic E-state index is 9.85. The highest BCUT2D eigenvalue weighted by molar-refractivity contribution is 4.92. The van der Waals surface area contributed by atoms with Gasteiger partial charge in [-0.1, -0.05) is 0 Å². The van der Waals surface area contributed by atoms with Crippen molar-refractivity contribution >= 4 is 0 Å². The Morgan fingerprint density at radius 1 is 1.33 bits per heavy atom. The fraction of sp³-hybridized carbons (Fsp3) is 1.00. The Morgan fingerprint density at radius 2 is 2.13 bits per heavy atom. The molecule has 0 aromatic rings. The van der Waals surface area contributed by atoms with Crippen LogP contribution in [0.5, 0.6) is 0 Å². The van der Waals surface area contributed by atoms with Gasteiger partial charge in [0, 0.05) is 31.7 Å². The lowest BCUT2D eigenvalue weighted by Gasteiger charge is -2.40. The summed E-state index contributed by atoms with van der Waals surface area (Å²) < 4.78 is 0. The first-order valence-electron chi connectivity index (χ1n) is 5.97. The first-order valence-corrected chi connectivity index (χ1v) is 5.97. The van der Waals surface area contributed by atoms with Crippen molar-refractivity contribution in [3.8, 4) is 0 Å². The summed E-state index contributed by atoms with van der Waals surface area (Å²) in [4.78, 5) is 4.76. The fourth-order valence-corrected chi connectivity index (χ4v) is 2.73. The summed E-state index contributed by atoms with van der Waals surface area (Å²) >= 11 is 0. The van der Waals surface area contributed by atoms with Crippen LogP contribution in [0.25, 0.3) is 0 Å². The number of rotatable bonds is 2. The van der Waals surface area contributed by atoms with Gasteiger partial charge in [-0.05, 0) is 33.5 Å². The molecule has 2 aliphatic heterocycles. The Bertz CT molecular complexity index is 210. The van der Waals surface area contributed by atoms with Crippen LogP contribution < -0.4 is 5.32 Å². The number of nitrogens with one attached hydrogen (secondary N) is 1. The summed E-state index contributed by atoms with van der Waals surface area (Å²) in [6, 6.07) is 0.999. The predicted octanol–water partition coefficient (Wildman–Crippen LogP) is -0.655. The number of hydrogen-bond acceptors (Lipinski definition) is 4. The first kappa shape index (κ1) is 11.3. The first-order chi connectivity index (χ1) is 7.18. The topological polar surface area (TPSA) is 38.7 Å². The molecule has 0 saturated carbocycles. The number of aliphatic hydroxyl groups excluding tert-OH is 1. The Balaban J connectivity index is 1.92. The average molecular weight is 213 g/mol. The van der Waals surface area contributed by atoms with E-state index < -0.39 is 0 Å². The molecule has 3 unspecified atom stereocenters. The lowest BCUT2D eigenvalue weighted by Crippen LogP contribution is -2.52. The number of piperidine rings is 1. The van der Waals surface area contributed by atoms with E-state index in [1.54, 1.807) is 0 Å². The number of nitrogens with zero attached hydrogens (tertiary/aromatic N) is 2. The van der Waals surface area contributed by atoms with Gasteiger partial charge in [-0.25, -0.2) is 0 Å². The second kappa shape index (κ2) is 4.78. The number of aliphatic hydroxyl groups is 1. The summed E-state index contributed by atoms with van der Waals surface area (Å²) in [5.74, 6) is 0. The van der Waals surface area contributed by atoms with Crippen LogP contribution in [0.2, 0.25) is 0 Å². The Hall–Kier alpha value is -0.160. The van der Waals surface area contributed by atoms with Crippen molar-refractivity contribution in [2.75, 3.05) is 40.3 Å². The summed E-state index contributed by atoms with van der Waals surface area (Å²) in [6.07, 6.45) is 2.37. The van der Waals surface area contributed by atoms with Gasteiger partial charge in [0.2, 0.25) is 0 Å². The van der Waals surface area contributed by atoms with E-state index in [4.69, 9.17) is 0 Å². The second-order valence-electron chi connectivity index (χ2n) is 5.05. The van der Waals surface area contributed by atoms with E-state index in [2.05, 4.69) is 29.2 Å². The molecule has 88 valence electrons. The van der Waals surface area contributed by atoms with Crippen molar-refractivity contribution < 1.29 is 5.11 Å². The van der Waals surface area contributed by atoms with Crippen LogP contribution in [0.15, 0.2) is 0 Å². The van der Waals surface area contributed by atoms with Gasteiger partial charge in [-0.3, -0.25) is 4.90 Å². The van der Waals surface area contributed by atoms with Gasteiger partial charge in [0.05, 0.1) is 6.10 Å². The third-order valence-corrected chi connectivity index (χ3v) is 3.78. The minimum atomic E-state index is -0.175. The van der Waals surface area contributed by atoms with E-state index in [0.29, 0.717) is 12.1 Å². The molecule has 15 heavy (non-hydrogen) atoms. The van der Waals surface area contributed by atoms with E-state index in [1.807, 2.05) is 0 Å². The molecule has 0 aliphatic carbocycles. The summed E-state index contributed by atoms with van der Waals surface area (Å²) in [5, 5.41) is 13.1. The minimum absolute atomic E-state index is 0.175. The van der Waals surface area contributed by atoms with Crippen LogP contribution >= 0.6 is 0 Å². The molecular formula is C11H23N3O. The monoisotopic (exact) mass is 213 g/mol. The molecule has 2 fully saturated rings. The highest BCUT2D eigenvalue weighted by Crippen LogP contribution is 2.19. The molecule has 4 heteroatoms. The van der Waals surface area contributed by atoms with Gasteiger partial charge in [-0.2, -0.15) is 0 Å². The van der Waals surface area contributed by atoms with E-state index in [9.17, 15) is 5.11 Å². The van der Waals surface area contributed by atoms with Crippen molar-refractivity contribution in [3.05, 3.63) is 0 Å². The number of likely N-dealkylation sites (N-methyl/N-ethyl adjacent to an activating group) is 1. The SMILES string of the molecule is CN(C)C1CCCN(C2CNCC2O)C1. The molecule has 2 rings (SSSR count). The van der Waals surface area contributed by atoms with Gasteiger partial charge in [0.1, 0.15) is 0 Å². The van der Waals surface area contributed by atoms with Crippen LogP contribution in [0.1, 0.15) is 12.8 Å². The molecule has 0 amide bonds. The van der Waals surface area contributed by atoms with E-state index in [0.717, 1.165) is 26.2 Å². The maximum absolute atomic E-state index is 9.85. The Morgan fingerprint density at radius 3 is 2.73 bits per heavy atom. The fourth-order valence-electron chi connectivity index (χ4n) is 2.73. The lowest BCUT2D eigenvalue weighted by molar-refractivity contribution is 0.0437. The smallest absolute Gasteiger partial charge is 0.0831 e. The Labute approximate surface area is 92.2 Å². The molecule has 2 N–H and O–H groups in total. The van der Waals surface area contributed by atoms with Gasteiger partial charge in [0.15, 0.2) is 0 Å². The highest BCUT2D eigenvalue weighted by Gasteiger charge is 2.33. The van der Waals surface area contributed by atoms with Crippen LogP contribution in [0.3, 0.4) is 0 Å². The van der Waals surface area contributed by atoms with Crippen molar-refractivity contribution in [1.29, 1.82) is 0 Å². The van der Waals surface area contributed by atoms with Crippen molar-refractivity contribution in [2.45, 2.75) is 31.0 Å². The van der Waals surface area contributed by atoms with E-state index in [-0.39, 0.29) is 6.10 Å². The zero-order valence-corrected chi connectivity index (χ0v) is 9.82.